The molecule has 10 heteroatoms. The number of carbonyl (C=O) groups is 1. The molecule has 1 aliphatic rings. The van der Waals surface area contributed by atoms with Crippen molar-refractivity contribution in [3.63, 3.8) is 0 Å². The number of hydrogen-bond donors (Lipinski definition) is 1. The van der Waals surface area contributed by atoms with Crippen LogP contribution in [0.2, 0.25) is 0 Å². The van der Waals surface area contributed by atoms with Gasteiger partial charge in [-0.2, -0.15) is 0 Å². The Morgan fingerprint density at radius 3 is 2.67 bits per heavy atom. The van der Waals surface area contributed by atoms with E-state index in [-0.39, 0.29) is 19.1 Å². The fraction of sp³-hybridized carbons (Fsp3) is 0.588. The molecule has 0 atom stereocenters. The van der Waals surface area contributed by atoms with Gasteiger partial charge in [0.1, 0.15) is 24.7 Å². The summed E-state index contributed by atoms with van der Waals surface area (Å²) < 4.78 is 10.7. The number of carbonyl (C=O) groups excluding carboxylic acids is 1. The van der Waals surface area contributed by atoms with Crippen molar-refractivity contribution in [2.24, 2.45) is 0 Å². The highest BCUT2D eigenvalue weighted by molar-refractivity contribution is 5.92. The number of nitrogens with zero attached hydrogens (tertiary/aromatic N) is 3. The molecule has 0 bridgehead atoms. The molecule has 0 unspecified atom stereocenters. The van der Waals surface area contributed by atoms with Crippen molar-refractivity contribution < 1.29 is 24.2 Å². The molecule has 150 valence electrons. The molecule has 2 rings (SSSR count). The minimum absolute atomic E-state index is 0.0180. The molecule has 0 aliphatic carbocycles. The van der Waals surface area contributed by atoms with Crippen LogP contribution in [0.4, 0.5) is 5.69 Å². The van der Waals surface area contributed by atoms with Gasteiger partial charge in [0.15, 0.2) is 0 Å². The molecular formula is C17H26N4O6. The SMILES string of the molecule is COc1ccc(OCCO[N+](=O)[O-])cc1NC(=O)CCN1CCN(C)CC1. The summed E-state index contributed by atoms with van der Waals surface area (Å²) in [6, 6.07) is 4.95. The van der Waals surface area contributed by atoms with Gasteiger partial charge in [0, 0.05) is 45.2 Å². The molecule has 1 N–H and O–H groups in total. The summed E-state index contributed by atoms with van der Waals surface area (Å²) in [5.74, 6) is 0.856. The normalized spacial score (nSPS) is 15.2. The number of anilines is 1. The highest BCUT2D eigenvalue weighted by Gasteiger charge is 2.15. The fourth-order valence-electron chi connectivity index (χ4n) is 2.69. The van der Waals surface area contributed by atoms with Crippen LogP contribution in [-0.4, -0.2) is 80.9 Å². The number of amides is 1. The van der Waals surface area contributed by atoms with Crippen molar-refractivity contribution >= 4 is 11.6 Å². The van der Waals surface area contributed by atoms with Crippen LogP contribution in [0.3, 0.4) is 0 Å². The number of methoxy groups -OCH3 is 1. The van der Waals surface area contributed by atoms with Gasteiger partial charge in [-0.05, 0) is 19.2 Å². The molecule has 1 saturated heterocycles. The number of likely N-dealkylation sites (N-methyl/N-ethyl adjacent to an activating group) is 1. The van der Waals surface area contributed by atoms with E-state index in [0.29, 0.717) is 30.2 Å². The maximum Gasteiger partial charge on any atom is 0.294 e. The van der Waals surface area contributed by atoms with Gasteiger partial charge >= 0.3 is 0 Å². The zero-order valence-corrected chi connectivity index (χ0v) is 15.7. The average Bonchev–Trinajstić information content (AvgIpc) is 2.65. The van der Waals surface area contributed by atoms with Gasteiger partial charge < -0.3 is 29.4 Å². The van der Waals surface area contributed by atoms with E-state index in [0.717, 1.165) is 26.2 Å². The fourth-order valence-corrected chi connectivity index (χ4v) is 2.69. The summed E-state index contributed by atoms with van der Waals surface area (Å²) in [6.45, 7) is 4.49. The predicted molar refractivity (Wildman–Crippen MR) is 98.6 cm³/mol. The van der Waals surface area contributed by atoms with Gasteiger partial charge in [0.25, 0.3) is 5.09 Å². The average molecular weight is 382 g/mol. The first-order chi connectivity index (χ1) is 13.0. The smallest absolute Gasteiger partial charge is 0.294 e. The number of ether oxygens (including phenoxy) is 2. The number of rotatable bonds is 10. The zero-order chi connectivity index (χ0) is 19.6. The van der Waals surface area contributed by atoms with E-state index in [1.165, 1.54) is 7.11 Å². The van der Waals surface area contributed by atoms with Crippen LogP contribution in [0.15, 0.2) is 18.2 Å². The Kier molecular flexibility index (Phi) is 8.08. The second kappa shape index (κ2) is 10.5. The summed E-state index contributed by atoms with van der Waals surface area (Å²) in [6.07, 6.45) is 0.384. The molecule has 1 aromatic rings. The van der Waals surface area contributed by atoms with Crippen LogP contribution in [0.25, 0.3) is 0 Å². The molecule has 1 heterocycles. The van der Waals surface area contributed by atoms with Gasteiger partial charge in [0.05, 0.1) is 12.8 Å². The Balaban J connectivity index is 1.84. The molecule has 0 saturated carbocycles. The van der Waals surface area contributed by atoms with Crippen LogP contribution in [0, 0.1) is 10.1 Å². The van der Waals surface area contributed by atoms with Crippen LogP contribution in [0.5, 0.6) is 11.5 Å². The van der Waals surface area contributed by atoms with Crippen molar-refractivity contribution in [2.75, 3.05) is 65.4 Å². The summed E-state index contributed by atoms with van der Waals surface area (Å²) >= 11 is 0. The van der Waals surface area contributed by atoms with Crippen molar-refractivity contribution in [3.05, 3.63) is 28.3 Å². The van der Waals surface area contributed by atoms with Crippen molar-refractivity contribution in [1.82, 2.24) is 9.80 Å². The third-order valence-electron chi connectivity index (χ3n) is 4.24. The highest BCUT2D eigenvalue weighted by Crippen LogP contribution is 2.29. The summed E-state index contributed by atoms with van der Waals surface area (Å²) in [4.78, 5) is 31.1. The van der Waals surface area contributed by atoms with E-state index in [1.54, 1.807) is 18.2 Å². The molecule has 1 aromatic carbocycles. The Bertz CT molecular complexity index is 634. The topological polar surface area (TPSA) is 106 Å². The first-order valence-electron chi connectivity index (χ1n) is 8.77. The van der Waals surface area contributed by atoms with Crippen molar-refractivity contribution in [2.45, 2.75) is 6.42 Å². The van der Waals surface area contributed by atoms with Crippen LogP contribution in [-0.2, 0) is 9.63 Å². The highest BCUT2D eigenvalue weighted by atomic mass is 17.0. The predicted octanol–water partition coefficient (Wildman–Crippen LogP) is 0.858. The van der Waals surface area contributed by atoms with Gasteiger partial charge in [-0.1, -0.05) is 0 Å². The van der Waals surface area contributed by atoms with Crippen LogP contribution < -0.4 is 14.8 Å². The molecule has 0 spiro atoms. The second-order valence-corrected chi connectivity index (χ2v) is 6.21. The number of piperazine rings is 1. The van der Waals surface area contributed by atoms with E-state index in [1.807, 2.05) is 0 Å². The van der Waals surface area contributed by atoms with E-state index in [9.17, 15) is 14.9 Å². The summed E-state index contributed by atoms with van der Waals surface area (Å²) in [5.41, 5.74) is 0.494. The quantitative estimate of drug-likeness (QED) is 0.361. The standard InChI is InChI=1S/C17H26N4O6/c1-19-7-9-20(10-8-19)6-5-17(22)18-15-13-14(3-4-16(15)25-2)26-11-12-27-21(23)24/h3-4,13H,5-12H2,1-2H3,(H,18,22). The summed E-state index contributed by atoms with van der Waals surface area (Å²) in [5, 5.41) is 12.1. The molecular weight excluding hydrogens is 356 g/mol. The van der Waals surface area contributed by atoms with E-state index < -0.39 is 5.09 Å². The third-order valence-corrected chi connectivity index (χ3v) is 4.24. The molecule has 1 fully saturated rings. The van der Waals surface area contributed by atoms with Gasteiger partial charge in [-0.15, -0.1) is 10.1 Å². The number of benzene rings is 1. The van der Waals surface area contributed by atoms with Gasteiger partial charge in [-0.25, -0.2) is 0 Å². The van der Waals surface area contributed by atoms with Crippen LogP contribution in [0.1, 0.15) is 6.42 Å². The monoisotopic (exact) mass is 382 g/mol. The number of nitrogens with one attached hydrogen (secondary N) is 1. The Labute approximate surface area is 158 Å². The minimum Gasteiger partial charge on any atom is -0.495 e. The Morgan fingerprint density at radius 1 is 1.26 bits per heavy atom. The van der Waals surface area contributed by atoms with Gasteiger partial charge in [-0.3, -0.25) is 4.79 Å². The molecule has 0 aromatic heterocycles. The Morgan fingerprint density at radius 2 is 2.00 bits per heavy atom. The first-order valence-corrected chi connectivity index (χ1v) is 8.77. The molecule has 1 amide bonds. The minimum atomic E-state index is -0.872. The molecule has 1 aliphatic heterocycles. The van der Waals surface area contributed by atoms with E-state index >= 15 is 0 Å². The number of hydrogen-bond acceptors (Lipinski definition) is 8. The lowest BCUT2D eigenvalue weighted by Crippen LogP contribution is -2.45. The molecule has 0 radical (unpaired) electrons. The molecule has 10 nitrogen and oxygen atoms in total. The van der Waals surface area contributed by atoms with Crippen LogP contribution >= 0.6 is 0 Å². The van der Waals surface area contributed by atoms with E-state index in [4.69, 9.17) is 9.47 Å². The lowest BCUT2D eigenvalue weighted by molar-refractivity contribution is -0.757. The maximum atomic E-state index is 12.3. The lowest BCUT2D eigenvalue weighted by atomic mass is 10.2. The summed E-state index contributed by atoms with van der Waals surface area (Å²) in [7, 11) is 3.61. The lowest BCUT2D eigenvalue weighted by Gasteiger charge is -2.32. The second-order valence-electron chi connectivity index (χ2n) is 6.21. The van der Waals surface area contributed by atoms with Crippen molar-refractivity contribution in [3.8, 4) is 11.5 Å². The van der Waals surface area contributed by atoms with Gasteiger partial charge in [0.2, 0.25) is 5.91 Å². The Hall–Kier alpha value is -2.59. The molecule has 27 heavy (non-hydrogen) atoms. The third kappa shape index (κ3) is 7.27. The largest absolute Gasteiger partial charge is 0.495 e. The first kappa shape index (κ1) is 20.7. The van der Waals surface area contributed by atoms with Crippen molar-refractivity contribution in [1.29, 1.82) is 0 Å². The zero-order valence-electron chi connectivity index (χ0n) is 15.7. The maximum absolute atomic E-state index is 12.3. The van der Waals surface area contributed by atoms with E-state index in [2.05, 4.69) is 27.0 Å².